The molecular formula is C70H38F6N10O8S6. The Labute approximate surface area is 581 Å². The third-order valence-corrected chi connectivity index (χ3v) is 22.2. The molecule has 494 valence electrons. The Hall–Kier alpha value is -11.3. The number of aromatic amines is 1. The molecular weight excluding hydrogens is 1420 g/mol. The van der Waals surface area contributed by atoms with Gasteiger partial charge in [-0.15, -0.1) is 68.0 Å². The molecule has 0 unspecified atom stereocenters. The van der Waals surface area contributed by atoms with Crippen molar-refractivity contribution in [3.8, 4) is 37.6 Å². The van der Waals surface area contributed by atoms with Gasteiger partial charge in [0, 0.05) is 12.1 Å². The SMILES string of the molecule is Cc1ccc(N2C(=O)C3=C(c4cccs4)N(c4ccc(C(F)(F)F)cc4[N+](=O)[O-])C(=O)C3=C2c2cccs2)c([N+](=O)[O-])c1.Cc1ccc2c(c1)nc1c3c(-c4cccs4)n4c5ccc(C(F)(F)F)cc5nc4c3c(-c3cccs3)n21.O=C1N=C(c2cccs2)c2c(O)[nH]c(-c3cccs3)c21. The summed E-state index contributed by atoms with van der Waals surface area (Å²) in [5.41, 5.74) is 5.73. The Balaban J connectivity index is 0.000000124. The fraction of sp³-hybridized carbons (Fsp3) is 0.0571. The van der Waals surface area contributed by atoms with Crippen LogP contribution >= 0.6 is 68.0 Å². The number of nitrogens with zero attached hydrogens (tertiary/aromatic N) is 9. The number of anilines is 2. The number of alkyl halides is 6. The van der Waals surface area contributed by atoms with Crippen LogP contribution in [0.4, 0.5) is 49.1 Å². The van der Waals surface area contributed by atoms with Crippen molar-refractivity contribution in [2.45, 2.75) is 26.2 Å². The van der Waals surface area contributed by atoms with Gasteiger partial charge in [0.1, 0.15) is 22.7 Å². The predicted octanol–water partition coefficient (Wildman–Crippen LogP) is 19.3. The number of nitro benzene ring substituents is 2. The number of hydrogen-bond donors (Lipinski definition) is 2. The van der Waals surface area contributed by atoms with Crippen LogP contribution in [0.25, 0.3) is 87.2 Å². The van der Waals surface area contributed by atoms with Gasteiger partial charge in [-0.2, -0.15) is 26.3 Å². The second-order valence-corrected chi connectivity index (χ2v) is 28.5. The topological polar surface area (TPSA) is 227 Å². The minimum atomic E-state index is -4.89. The molecule has 4 aromatic carbocycles. The van der Waals surface area contributed by atoms with Crippen LogP contribution in [0.15, 0.2) is 194 Å². The largest absolute Gasteiger partial charge is 0.494 e. The lowest BCUT2D eigenvalue weighted by molar-refractivity contribution is -0.384. The molecule has 3 aliphatic rings. The van der Waals surface area contributed by atoms with Gasteiger partial charge >= 0.3 is 12.4 Å². The second-order valence-electron chi connectivity index (χ2n) is 22.8. The van der Waals surface area contributed by atoms with Crippen molar-refractivity contribution in [2.75, 3.05) is 9.80 Å². The van der Waals surface area contributed by atoms with Crippen LogP contribution in [0.1, 0.15) is 52.8 Å². The first-order chi connectivity index (χ1) is 48.0. The van der Waals surface area contributed by atoms with Crippen molar-refractivity contribution in [2.24, 2.45) is 4.99 Å². The molecule has 0 aliphatic carbocycles. The molecule has 0 spiro atoms. The highest BCUT2D eigenvalue weighted by molar-refractivity contribution is 7.14. The van der Waals surface area contributed by atoms with Crippen molar-refractivity contribution in [3.63, 3.8) is 0 Å². The number of H-pyrrole nitrogens is 1. The first-order valence-corrected chi connectivity index (χ1v) is 35.0. The standard InChI is InChI=1S/C28H15F3N4O6S2.C28H15F3N4S2.C14H8N2O2S2/c1-14-6-8-16(18(12-14)34(38)39)32-24(20-4-2-10-42-20)22-23(26(32)36)25(21-5-3-11-43-21)33(27(22)37)17-9-7-15(28(29,30)31)13-19(17)35(40)41;1-14-6-8-18-16(12-14)32-26-22-23(24(34(18)26)20-4-2-10-36-20)27-33-17-13-15(28(29,30)31)7-9-19(17)35(27)25(22)21-5-3-11-37-21;17-13-9-10(12(16-13)8-4-2-6-20-8)14(18)15-11(9)7-3-1-5-19-7/h2-13H,1H3;2-13H,1H3;1-6,15,18H. The fourth-order valence-electron chi connectivity index (χ4n) is 12.8. The van der Waals surface area contributed by atoms with E-state index in [9.17, 15) is 66.1 Å². The molecule has 30 heteroatoms. The Bertz CT molecular complexity index is 6010. The molecule has 0 fully saturated rings. The quantitative estimate of drug-likeness (QED) is 0.0748. The number of benzene rings is 4. The molecule has 0 atom stereocenters. The minimum Gasteiger partial charge on any atom is -0.494 e. The lowest BCUT2D eigenvalue weighted by Gasteiger charge is -2.24. The van der Waals surface area contributed by atoms with E-state index in [1.165, 1.54) is 40.9 Å². The summed E-state index contributed by atoms with van der Waals surface area (Å²) in [5, 5.41) is 47.3. The third-order valence-electron chi connectivity index (χ3n) is 16.9. The third kappa shape index (κ3) is 10.1. The molecule has 14 heterocycles. The molecule has 18 rings (SSSR count). The molecule has 100 heavy (non-hydrogen) atoms. The number of carbonyl (C=O) groups is 3. The molecule has 0 radical (unpaired) electrons. The maximum absolute atomic E-state index is 14.3. The highest BCUT2D eigenvalue weighted by Gasteiger charge is 2.53. The molecule has 15 aromatic rings. The summed E-state index contributed by atoms with van der Waals surface area (Å²) in [4.78, 5) is 86.7. The molecule has 11 aromatic heterocycles. The van der Waals surface area contributed by atoms with Crippen LogP contribution in [0, 0.1) is 34.1 Å². The van der Waals surface area contributed by atoms with E-state index in [0.29, 0.717) is 66.7 Å². The maximum atomic E-state index is 14.3. The summed E-state index contributed by atoms with van der Waals surface area (Å²) in [6, 6.07) is 38.2. The molecule has 0 saturated heterocycles. The van der Waals surface area contributed by atoms with E-state index in [2.05, 4.69) is 38.6 Å². The lowest BCUT2D eigenvalue weighted by atomic mass is 10.1. The van der Waals surface area contributed by atoms with Gasteiger partial charge in [0.05, 0.1) is 140 Å². The normalized spacial score (nSPS) is 14.0. The summed E-state index contributed by atoms with van der Waals surface area (Å²) >= 11 is 8.47. The van der Waals surface area contributed by atoms with Crippen molar-refractivity contribution in [1.29, 1.82) is 0 Å². The molecule has 18 nitrogen and oxygen atoms in total. The summed E-state index contributed by atoms with van der Waals surface area (Å²) in [7, 11) is 0. The van der Waals surface area contributed by atoms with Crippen LogP contribution in [-0.4, -0.2) is 62.1 Å². The van der Waals surface area contributed by atoms with Gasteiger partial charge in [-0.1, -0.05) is 48.5 Å². The Morgan fingerprint density at radius 3 is 1.38 bits per heavy atom. The van der Waals surface area contributed by atoms with Crippen molar-refractivity contribution >= 4 is 170 Å². The van der Waals surface area contributed by atoms with Crippen LogP contribution in [0.5, 0.6) is 5.88 Å². The van der Waals surface area contributed by atoms with Crippen LogP contribution in [-0.2, 0) is 21.9 Å². The average Bonchev–Trinajstić information content (AvgIpc) is 1.52. The lowest BCUT2D eigenvalue weighted by Crippen LogP contribution is -2.30. The van der Waals surface area contributed by atoms with Crippen molar-refractivity contribution in [1.82, 2.24) is 23.8 Å². The number of nitro groups is 2. The Morgan fingerprint density at radius 2 is 0.900 bits per heavy atom. The van der Waals surface area contributed by atoms with Gasteiger partial charge in [-0.3, -0.25) is 53.2 Å². The van der Waals surface area contributed by atoms with Crippen molar-refractivity contribution < 1.29 is 55.7 Å². The number of rotatable bonds is 10. The number of imidazole rings is 2. The minimum absolute atomic E-state index is 0.00130. The predicted molar refractivity (Wildman–Crippen MR) is 377 cm³/mol. The number of fused-ring (bicyclic) bond motifs is 11. The number of aryl methyl sites for hydroxylation is 2. The van der Waals surface area contributed by atoms with Gasteiger partial charge < -0.3 is 10.1 Å². The van der Waals surface area contributed by atoms with Gasteiger partial charge in [0.25, 0.3) is 29.1 Å². The molecule has 2 N–H and O–H groups in total. The van der Waals surface area contributed by atoms with Crippen molar-refractivity contribution in [3.05, 3.63) is 257 Å². The Kier molecular flexibility index (Phi) is 15.1. The van der Waals surface area contributed by atoms with E-state index >= 15 is 0 Å². The Morgan fingerprint density at radius 1 is 0.490 bits per heavy atom. The zero-order chi connectivity index (χ0) is 69.5. The number of halogens is 6. The van der Waals surface area contributed by atoms with Crippen LogP contribution in [0.3, 0.4) is 0 Å². The van der Waals surface area contributed by atoms with E-state index in [1.54, 1.807) is 70.7 Å². The maximum Gasteiger partial charge on any atom is 0.416 e. The number of aromatic hydroxyl groups is 1. The average molecular weight is 1450 g/mol. The van der Waals surface area contributed by atoms with Crippen LogP contribution < -0.4 is 9.80 Å². The number of carbonyl (C=O) groups excluding carboxylic acids is 3. The number of amides is 3. The number of hydrogen-bond acceptors (Lipinski definition) is 16. The highest BCUT2D eigenvalue weighted by Crippen LogP contribution is 2.55. The van der Waals surface area contributed by atoms with E-state index in [1.807, 2.05) is 75.3 Å². The van der Waals surface area contributed by atoms with Gasteiger partial charge in [-0.05, 0) is 142 Å². The number of thiophene rings is 6. The first kappa shape index (κ1) is 63.5. The number of aliphatic imine (C=N–C) groups is 1. The van der Waals surface area contributed by atoms with E-state index in [-0.39, 0.29) is 45.7 Å². The summed E-state index contributed by atoms with van der Waals surface area (Å²) in [6.07, 6.45) is -9.33. The zero-order valence-corrected chi connectivity index (χ0v) is 55.8. The molecule has 0 bridgehead atoms. The summed E-state index contributed by atoms with van der Waals surface area (Å²) in [6.45, 7) is 3.69. The molecule has 3 aliphatic heterocycles. The van der Waals surface area contributed by atoms with E-state index in [0.717, 1.165) is 115 Å². The number of aromatic nitrogens is 5. The summed E-state index contributed by atoms with van der Waals surface area (Å²) in [5.74, 6) is -2.01. The van der Waals surface area contributed by atoms with Crippen LogP contribution in [0.2, 0.25) is 0 Å². The van der Waals surface area contributed by atoms with Gasteiger partial charge in [0.2, 0.25) is 0 Å². The molecule has 3 amide bonds. The van der Waals surface area contributed by atoms with Gasteiger partial charge in [0.15, 0.2) is 5.88 Å². The fourth-order valence-corrected chi connectivity index (χ4v) is 17.3. The monoisotopic (exact) mass is 1450 g/mol. The van der Waals surface area contributed by atoms with E-state index in [4.69, 9.17) is 9.97 Å². The first-order valence-electron chi connectivity index (χ1n) is 29.7. The van der Waals surface area contributed by atoms with E-state index < -0.39 is 56.5 Å². The zero-order valence-electron chi connectivity index (χ0n) is 50.9. The molecule has 0 saturated carbocycles. The number of nitrogens with one attached hydrogen (secondary N) is 1. The highest BCUT2D eigenvalue weighted by atomic mass is 32.1. The second kappa shape index (κ2) is 23.7. The summed E-state index contributed by atoms with van der Waals surface area (Å²) < 4.78 is 85.2. The van der Waals surface area contributed by atoms with Gasteiger partial charge in [-0.25, -0.2) is 15.0 Å². The smallest absolute Gasteiger partial charge is 0.416 e.